The molecule has 6 heteroatoms. The van der Waals surface area contributed by atoms with Gasteiger partial charge in [-0.15, -0.1) is 0 Å². The average molecular weight is 383 g/mol. The number of pyridine rings is 1. The second-order valence-electron chi connectivity index (χ2n) is 6.72. The number of carbonyl (C=O) groups excluding carboxylic acids is 1. The van der Waals surface area contributed by atoms with Crippen molar-refractivity contribution in [2.45, 2.75) is 6.92 Å². The summed E-state index contributed by atoms with van der Waals surface area (Å²) in [6.45, 7) is 1.96. The van der Waals surface area contributed by atoms with Crippen LogP contribution >= 0.6 is 0 Å². The summed E-state index contributed by atoms with van der Waals surface area (Å²) >= 11 is 0. The van der Waals surface area contributed by atoms with Gasteiger partial charge in [0.25, 0.3) is 5.91 Å². The molecule has 2 aromatic carbocycles. The first-order valence-corrected chi connectivity index (χ1v) is 9.28. The number of imidazole rings is 1. The molecular formula is C23H21N5O. The summed E-state index contributed by atoms with van der Waals surface area (Å²) in [7, 11) is 1.95. The molecule has 0 atom stereocenters. The quantitative estimate of drug-likeness (QED) is 0.519. The van der Waals surface area contributed by atoms with E-state index in [1.165, 1.54) is 0 Å². The van der Waals surface area contributed by atoms with Gasteiger partial charge in [0.15, 0.2) is 0 Å². The lowest BCUT2D eigenvalue weighted by atomic mass is 10.1. The number of carbonyl (C=O) groups is 1. The van der Waals surface area contributed by atoms with Crippen LogP contribution in [0.15, 0.2) is 79.3 Å². The summed E-state index contributed by atoms with van der Waals surface area (Å²) in [6, 6.07) is 19.1. The third-order valence-electron chi connectivity index (χ3n) is 4.77. The Hall–Kier alpha value is -3.93. The SMILES string of the molecule is Cc1ccc(-c2ncc[nH]2)cc1NC(=O)c1ccc(N(C)c2ccccn2)cc1. The molecule has 0 fully saturated rings. The lowest BCUT2D eigenvalue weighted by Crippen LogP contribution is -2.14. The number of benzene rings is 2. The zero-order chi connectivity index (χ0) is 20.2. The van der Waals surface area contributed by atoms with E-state index in [0.717, 1.165) is 34.1 Å². The van der Waals surface area contributed by atoms with Gasteiger partial charge in [-0.05, 0) is 55.0 Å². The highest BCUT2D eigenvalue weighted by Gasteiger charge is 2.11. The Morgan fingerprint density at radius 2 is 1.83 bits per heavy atom. The molecule has 2 heterocycles. The van der Waals surface area contributed by atoms with Crippen molar-refractivity contribution in [1.29, 1.82) is 0 Å². The summed E-state index contributed by atoms with van der Waals surface area (Å²) in [5.41, 5.74) is 4.21. The Bertz CT molecular complexity index is 1110. The molecule has 0 aliphatic heterocycles. The van der Waals surface area contributed by atoms with Gasteiger partial charge in [0.05, 0.1) is 0 Å². The second kappa shape index (κ2) is 7.98. The van der Waals surface area contributed by atoms with Crippen molar-refractivity contribution in [3.8, 4) is 11.4 Å². The number of nitrogens with one attached hydrogen (secondary N) is 2. The topological polar surface area (TPSA) is 73.9 Å². The van der Waals surface area contributed by atoms with Gasteiger partial charge in [-0.25, -0.2) is 9.97 Å². The first-order chi connectivity index (χ1) is 14.1. The van der Waals surface area contributed by atoms with Gasteiger partial charge in [-0.1, -0.05) is 18.2 Å². The Balaban J connectivity index is 1.51. The molecule has 0 unspecified atom stereocenters. The molecule has 4 aromatic rings. The zero-order valence-electron chi connectivity index (χ0n) is 16.3. The van der Waals surface area contributed by atoms with Crippen molar-refractivity contribution in [3.05, 3.63) is 90.4 Å². The first kappa shape index (κ1) is 18.4. The predicted molar refractivity (Wildman–Crippen MR) is 115 cm³/mol. The number of anilines is 3. The van der Waals surface area contributed by atoms with Crippen LogP contribution in [0.25, 0.3) is 11.4 Å². The van der Waals surface area contributed by atoms with Gasteiger partial charge in [0.2, 0.25) is 0 Å². The molecule has 0 radical (unpaired) electrons. The highest BCUT2D eigenvalue weighted by atomic mass is 16.1. The lowest BCUT2D eigenvalue weighted by molar-refractivity contribution is 0.102. The maximum Gasteiger partial charge on any atom is 0.255 e. The normalized spacial score (nSPS) is 10.6. The summed E-state index contributed by atoms with van der Waals surface area (Å²) in [5.74, 6) is 1.45. The minimum absolute atomic E-state index is 0.156. The van der Waals surface area contributed by atoms with Crippen LogP contribution < -0.4 is 10.2 Å². The monoisotopic (exact) mass is 383 g/mol. The molecule has 2 aromatic heterocycles. The van der Waals surface area contributed by atoms with E-state index in [1.807, 2.05) is 79.5 Å². The van der Waals surface area contributed by atoms with E-state index < -0.39 is 0 Å². The lowest BCUT2D eigenvalue weighted by Gasteiger charge is -2.18. The second-order valence-corrected chi connectivity index (χ2v) is 6.72. The number of nitrogens with zero attached hydrogens (tertiary/aromatic N) is 3. The maximum absolute atomic E-state index is 12.8. The molecule has 0 bridgehead atoms. The Morgan fingerprint density at radius 1 is 1.00 bits per heavy atom. The van der Waals surface area contributed by atoms with E-state index >= 15 is 0 Å². The fourth-order valence-corrected chi connectivity index (χ4v) is 3.04. The van der Waals surface area contributed by atoms with Crippen LogP contribution in [0.3, 0.4) is 0 Å². The third kappa shape index (κ3) is 4.01. The number of H-pyrrole nitrogens is 1. The van der Waals surface area contributed by atoms with Crippen LogP contribution in [-0.4, -0.2) is 27.9 Å². The van der Waals surface area contributed by atoms with Gasteiger partial charge in [0.1, 0.15) is 11.6 Å². The summed E-state index contributed by atoms with van der Waals surface area (Å²) in [5, 5.41) is 3.00. The number of aromatic nitrogens is 3. The van der Waals surface area contributed by atoms with Crippen LogP contribution in [0.1, 0.15) is 15.9 Å². The number of rotatable bonds is 5. The van der Waals surface area contributed by atoms with E-state index in [4.69, 9.17) is 0 Å². The molecular weight excluding hydrogens is 362 g/mol. The Kier molecular flexibility index (Phi) is 5.07. The van der Waals surface area contributed by atoms with Crippen molar-refractivity contribution in [2.24, 2.45) is 0 Å². The van der Waals surface area contributed by atoms with Crippen molar-refractivity contribution in [3.63, 3.8) is 0 Å². The summed E-state index contributed by atoms with van der Waals surface area (Å²) in [4.78, 5) is 26.4. The molecule has 0 aliphatic carbocycles. The zero-order valence-corrected chi connectivity index (χ0v) is 16.3. The van der Waals surface area contributed by atoms with Crippen LogP contribution in [0, 0.1) is 6.92 Å². The molecule has 2 N–H and O–H groups in total. The van der Waals surface area contributed by atoms with Crippen LogP contribution in [-0.2, 0) is 0 Å². The number of aromatic amines is 1. The Labute approximate surface area is 169 Å². The van der Waals surface area contributed by atoms with E-state index in [0.29, 0.717) is 5.56 Å². The summed E-state index contributed by atoms with van der Waals surface area (Å²) < 4.78 is 0. The van der Waals surface area contributed by atoms with Crippen molar-refractivity contribution < 1.29 is 4.79 Å². The molecule has 6 nitrogen and oxygen atoms in total. The van der Waals surface area contributed by atoms with Gasteiger partial charge in [-0.2, -0.15) is 0 Å². The predicted octanol–water partition coefficient (Wildman–Crippen LogP) is 4.80. The van der Waals surface area contributed by atoms with Gasteiger partial charge in [0, 0.05) is 48.1 Å². The molecule has 0 saturated heterocycles. The van der Waals surface area contributed by atoms with Gasteiger partial charge < -0.3 is 15.2 Å². The first-order valence-electron chi connectivity index (χ1n) is 9.28. The smallest absolute Gasteiger partial charge is 0.255 e. The highest BCUT2D eigenvalue weighted by Crippen LogP contribution is 2.25. The van der Waals surface area contributed by atoms with E-state index in [-0.39, 0.29) is 5.91 Å². The molecule has 4 rings (SSSR count). The third-order valence-corrected chi connectivity index (χ3v) is 4.77. The highest BCUT2D eigenvalue weighted by molar-refractivity contribution is 6.05. The van der Waals surface area contributed by atoms with Crippen molar-refractivity contribution >= 4 is 23.1 Å². The number of amides is 1. The number of aryl methyl sites for hydroxylation is 1. The minimum atomic E-state index is -0.156. The maximum atomic E-state index is 12.8. The average Bonchev–Trinajstić information content (AvgIpc) is 3.30. The van der Waals surface area contributed by atoms with Crippen molar-refractivity contribution in [1.82, 2.24) is 15.0 Å². The standard InChI is InChI=1S/C23H21N5O/c1-16-6-7-18(22-25-13-14-26-22)15-20(16)27-23(29)17-8-10-19(11-9-17)28(2)21-5-3-4-12-24-21/h3-15H,1-2H3,(H,25,26)(H,27,29). The molecule has 0 spiro atoms. The molecule has 144 valence electrons. The van der Waals surface area contributed by atoms with E-state index in [2.05, 4.69) is 20.3 Å². The largest absolute Gasteiger partial charge is 0.345 e. The molecule has 0 aliphatic rings. The fraction of sp³-hybridized carbons (Fsp3) is 0.0870. The van der Waals surface area contributed by atoms with E-state index in [1.54, 1.807) is 18.6 Å². The number of hydrogen-bond acceptors (Lipinski definition) is 4. The Morgan fingerprint density at radius 3 is 2.52 bits per heavy atom. The minimum Gasteiger partial charge on any atom is -0.345 e. The fourth-order valence-electron chi connectivity index (χ4n) is 3.04. The van der Waals surface area contributed by atoms with Gasteiger partial charge in [-0.3, -0.25) is 4.79 Å². The molecule has 29 heavy (non-hydrogen) atoms. The van der Waals surface area contributed by atoms with Crippen LogP contribution in [0.2, 0.25) is 0 Å². The summed E-state index contributed by atoms with van der Waals surface area (Å²) in [6.07, 6.45) is 5.24. The van der Waals surface area contributed by atoms with Crippen LogP contribution in [0.4, 0.5) is 17.2 Å². The van der Waals surface area contributed by atoms with Crippen LogP contribution in [0.5, 0.6) is 0 Å². The van der Waals surface area contributed by atoms with Crippen molar-refractivity contribution in [2.75, 3.05) is 17.3 Å². The van der Waals surface area contributed by atoms with E-state index in [9.17, 15) is 4.79 Å². The molecule has 1 amide bonds. The number of hydrogen-bond donors (Lipinski definition) is 2. The molecule has 0 saturated carbocycles. The van der Waals surface area contributed by atoms with Gasteiger partial charge >= 0.3 is 0 Å².